The van der Waals surface area contributed by atoms with Crippen LogP contribution in [0.4, 0.5) is 0 Å². The summed E-state index contributed by atoms with van der Waals surface area (Å²) in [6.45, 7) is 1.90. The first-order chi connectivity index (χ1) is 3.18. The fourth-order valence-electron chi connectivity index (χ4n) is 0.204. The fraction of sp³-hybridized carbons (Fsp3) is 0.500. The molecule has 3 nitrogen and oxygen atoms in total. The number of hydrogen-bond donors (Lipinski definition) is 3. The highest BCUT2D eigenvalue weighted by atomic mass is 14.8. The third-order valence-electron chi connectivity index (χ3n) is 0.752. The lowest BCUT2D eigenvalue weighted by Gasteiger charge is -1.95. The van der Waals surface area contributed by atoms with Gasteiger partial charge < -0.3 is 17.2 Å². The Morgan fingerprint density at radius 2 is 1.71 bits per heavy atom. The average molecular weight is 101 g/mol. The molecule has 0 aliphatic heterocycles. The second kappa shape index (κ2) is 2.34. The van der Waals surface area contributed by atoms with Gasteiger partial charge in [-0.05, 0) is 6.42 Å². The van der Waals surface area contributed by atoms with Crippen molar-refractivity contribution in [2.45, 2.75) is 13.3 Å². The lowest BCUT2D eigenvalue weighted by atomic mass is 10.3. The SMILES string of the molecule is CCC(N)=C(N)N. The van der Waals surface area contributed by atoms with Gasteiger partial charge in [-0.2, -0.15) is 0 Å². The monoisotopic (exact) mass is 101 g/mol. The molecule has 0 heterocycles. The zero-order chi connectivity index (χ0) is 5.86. The van der Waals surface area contributed by atoms with Crippen LogP contribution < -0.4 is 17.2 Å². The van der Waals surface area contributed by atoms with Crippen LogP contribution in [-0.2, 0) is 0 Å². The van der Waals surface area contributed by atoms with Crippen molar-refractivity contribution in [3.63, 3.8) is 0 Å². The Kier molecular flexibility index (Phi) is 2.05. The van der Waals surface area contributed by atoms with E-state index in [0.29, 0.717) is 5.70 Å². The van der Waals surface area contributed by atoms with E-state index < -0.39 is 0 Å². The van der Waals surface area contributed by atoms with Gasteiger partial charge in [0.05, 0.1) is 0 Å². The Morgan fingerprint density at radius 1 is 1.29 bits per heavy atom. The lowest BCUT2D eigenvalue weighted by molar-refractivity contribution is 0.998. The van der Waals surface area contributed by atoms with E-state index in [2.05, 4.69) is 0 Å². The molecule has 0 aromatic heterocycles. The lowest BCUT2D eigenvalue weighted by Crippen LogP contribution is -2.16. The molecule has 0 fully saturated rings. The number of hydrogen-bond acceptors (Lipinski definition) is 3. The molecule has 3 heteroatoms. The van der Waals surface area contributed by atoms with Gasteiger partial charge in [-0.1, -0.05) is 6.92 Å². The number of allylic oxidation sites excluding steroid dienone is 1. The number of rotatable bonds is 1. The maximum Gasteiger partial charge on any atom is 0.113 e. The van der Waals surface area contributed by atoms with E-state index in [0.717, 1.165) is 6.42 Å². The van der Waals surface area contributed by atoms with Gasteiger partial charge in [0, 0.05) is 5.70 Å². The van der Waals surface area contributed by atoms with Crippen molar-refractivity contribution >= 4 is 0 Å². The third kappa shape index (κ3) is 1.92. The summed E-state index contributed by atoms with van der Waals surface area (Å²) in [6, 6.07) is 0. The average Bonchev–Trinajstić information content (AvgIpc) is 1.65. The fourth-order valence-corrected chi connectivity index (χ4v) is 0.204. The van der Waals surface area contributed by atoms with Crippen LogP contribution in [0.2, 0.25) is 0 Å². The molecule has 6 N–H and O–H groups in total. The molecule has 0 atom stereocenters. The van der Waals surface area contributed by atoms with Crippen LogP contribution in [0, 0.1) is 0 Å². The Labute approximate surface area is 43.2 Å². The summed E-state index contributed by atoms with van der Waals surface area (Å²) in [4.78, 5) is 0. The molecule has 0 bridgehead atoms. The van der Waals surface area contributed by atoms with Crippen molar-refractivity contribution < 1.29 is 0 Å². The van der Waals surface area contributed by atoms with Crippen LogP contribution in [0.3, 0.4) is 0 Å². The summed E-state index contributed by atoms with van der Waals surface area (Å²) < 4.78 is 0. The summed E-state index contributed by atoms with van der Waals surface area (Å²) >= 11 is 0. The molecule has 0 radical (unpaired) electrons. The summed E-state index contributed by atoms with van der Waals surface area (Å²) in [7, 11) is 0. The molecule has 0 aliphatic carbocycles. The van der Waals surface area contributed by atoms with E-state index >= 15 is 0 Å². The van der Waals surface area contributed by atoms with Gasteiger partial charge in [-0.15, -0.1) is 0 Å². The van der Waals surface area contributed by atoms with Crippen molar-refractivity contribution in [3.05, 3.63) is 11.5 Å². The topological polar surface area (TPSA) is 78.1 Å². The first-order valence-electron chi connectivity index (χ1n) is 2.18. The Morgan fingerprint density at radius 3 is 1.71 bits per heavy atom. The summed E-state index contributed by atoms with van der Waals surface area (Å²) in [6.07, 6.45) is 0.725. The number of nitrogens with two attached hydrogens (primary N) is 3. The van der Waals surface area contributed by atoms with E-state index in [1.54, 1.807) is 0 Å². The van der Waals surface area contributed by atoms with E-state index in [9.17, 15) is 0 Å². The van der Waals surface area contributed by atoms with Crippen LogP contribution in [0.1, 0.15) is 13.3 Å². The van der Waals surface area contributed by atoms with Gasteiger partial charge in [0.15, 0.2) is 0 Å². The normalized spacial score (nSPS) is 8.14. The Hall–Kier alpha value is -0.860. The predicted octanol–water partition coefficient (Wildman–Crippen LogP) is -0.558. The molecular weight excluding hydrogens is 90.1 g/mol. The minimum Gasteiger partial charge on any atom is -0.399 e. The summed E-state index contributed by atoms with van der Waals surface area (Å²) in [5.74, 6) is 0.238. The molecule has 0 aliphatic rings. The van der Waals surface area contributed by atoms with Crippen LogP contribution in [0.25, 0.3) is 0 Å². The third-order valence-corrected chi connectivity index (χ3v) is 0.752. The highest BCUT2D eigenvalue weighted by Crippen LogP contribution is 1.87. The molecule has 0 saturated heterocycles. The van der Waals surface area contributed by atoms with E-state index in [1.165, 1.54) is 0 Å². The van der Waals surface area contributed by atoms with E-state index in [1.807, 2.05) is 6.92 Å². The maximum absolute atomic E-state index is 5.25. The first kappa shape index (κ1) is 6.14. The second-order valence-electron chi connectivity index (χ2n) is 1.33. The van der Waals surface area contributed by atoms with Crippen LogP contribution in [0.5, 0.6) is 0 Å². The Bertz CT molecular complexity index is 80.9. The van der Waals surface area contributed by atoms with Crippen molar-refractivity contribution in [3.8, 4) is 0 Å². The second-order valence-corrected chi connectivity index (χ2v) is 1.33. The van der Waals surface area contributed by atoms with Crippen LogP contribution in [0.15, 0.2) is 11.5 Å². The van der Waals surface area contributed by atoms with Gasteiger partial charge in [0.2, 0.25) is 0 Å². The molecular formula is C4H11N3. The van der Waals surface area contributed by atoms with Crippen molar-refractivity contribution in [2.24, 2.45) is 17.2 Å². The minimum atomic E-state index is 0.238. The summed E-state index contributed by atoms with van der Waals surface area (Å²) in [5, 5.41) is 0. The van der Waals surface area contributed by atoms with E-state index in [-0.39, 0.29) is 5.82 Å². The van der Waals surface area contributed by atoms with Crippen molar-refractivity contribution in [1.82, 2.24) is 0 Å². The van der Waals surface area contributed by atoms with Crippen molar-refractivity contribution in [2.75, 3.05) is 0 Å². The van der Waals surface area contributed by atoms with Gasteiger partial charge in [0.1, 0.15) is 5.82 Å². The predicted molar refractivity (Wildman–Crippen MR) is 29.9 cm³/mol. The molecule has 0 aromatic carbocycles. The van der Waals surface area contributed by atoms with Crippen LogP contribution in [-0.4, -0.2) is 0 Å². The standard InChI is InChI=1S/C4H11N3/c1-2-3(5)4(6)7/h2,5-7H2,1H3. The molecule has 0 saturated carbocycles. The van der Waals surface area contributed by atoms with E-state index in [4.69, 9.17) is 17.2 Å². The van der Waals surface area contributed by atoms with Gasteiger partial charge in [-0.25, -0.2) is 0 Å². The first-order valence-corrected chi connectivity index (χ1v) is 2.18. The summed E-state index contributed by atoms with van der Waals surface area (Å²) in [5.41, 5.74) is 16.0. The molecule has 0 aromatic rings. The molecule has 0 rings (SSSR count). The van der Waals surface area contributed by atoms with Gasteiger partial charge >= 0.3 is 0 Å². The van der Waals surface area contributed by atoms with Gasteiger partial charge in [0.25, 0.3) is 0 Å². The molecule has 42 valence electrons. The zero-order valence-corrected chi connectivity index (χ0v) is 4.44. The highest BCUT2D eigenvalue weighted by molar-refractivity contribution is 5.01. The zero-order valence-electron chi connectivity index (χ0n) is 4.44. The van der Waals surface area contributed by atoms with Gasteiger partial charge in [-0.3, -0.25) is 0 Å². The van der Waals surface area contributed by atoms with Crippen molar-refractivity contribution in [1.29, 1.82) is 0 Å². The van der Waals surface area contributed by atoms with Crippen LogP contribution >= 0.6 is 0 Å². The molecule has 0 amide bonds. The highest BCUT2D eigenvalue weighted by Gasteiger charge is 1.85. The largest absolute Gasteiger partial charge is 0.399 e. The molecule has 0 unspecified atom stereocenters. The smallest absolute Gasteiger partial charge is 0.113 e. The maximum atomic E-state index is 5.25. The minimum absolute atomic E-state index is 0.238. The molecule has 0 spiro atoms. The quantitative estimate of drug-likeness (QED) is 0.414. The Balaban J connectivity index is 3.72. The molecule has 7 heavy (non-hydrogen) atoms.